The van der Waals surface area contributed by atoms with Gasteiger partial charge >= 0.3 is 5.97 Å². The Balaban J connectivity index is 2.00. The van der Waals surface area contributed by atoms with Gasteiger partial charge in [-0.2, -0.15) is 0 Å². The quantitative estimate of drug-likeness (QED) is 0.609. The zero-order valence-corrected chi connectivity index (χ0v) is 15.4. The third-order valence-electron chi connectivity index (χ3n) is 4.53. The maximum absolute atomic E-state index is 14.8. The van der Waals surface area contributed by atoms with Crippen LogP contribution >= 0.6 is 11.8 Å². The molecule has 0 amide bonds. The highest BCUT2D eigenvalue weighted by Crippen LogP contribution is 2.46. The summed E-state index contributed by atoms with van der Waals surface area (Å²) in [4.78, 5) is 25.1. The maximum atomic E-state index is 14.8. The van der Waals surface area contributed by atoms with Crippen molar-refractivity contribution in [1.29, 1.82) is 0 Å². The molecule has 0 radical (unpaired) electrons. The van der Waals surface area contributed by atoms with Crippen LogP contribution in [-0.2, 0) is 4.74 Å². The van der Waals surface area contributed by atoms with E-state index in [-0.39, 0.29) is 28.5 Å². The van der Waals surface area contributed by atoms with E-state index in [1.807, 2.05) is 11.5 Å². The molecule has 7 heteroatoms. The lowest BCUT2D eigenvalue weighted by Crippen LogP contribution is -2.29. The van der Waals surface area contributed by atoms with Crippen molar-refractivity contribution < 1.29 is 18.3 Å². The highest BCUT2D eigenvalue weighted by atomic mass is 32.2. The van der Waals surface area contributed by atoms with Gasteiger partial charge in [-0.25, -0.2) is 13.6 Å². The number of aromatic nitrogens is 1. The van der Waals surface area contributed by atoms with Crippen LogP contribution in [0.25, 0.3) is 22.0 Å². The number of hydrogen-bond acceptors (Lipinski definition) is 4. The topological polar surface area (TPSA) is 48.3 Å². The normalized spacial score (nSPS) is 15.3. The number of benzene rings is 2. The SMILES string of the molecule is CCOC(=O)c1c2n(c3cc(-c4ccc(F)cc4)c(F)cc3c1=O)C(C)S2. The molecule has 0 saturated heterocycles. The van der Waals surface area contributed by atoms with Crippen LogP contribution in [0.4, 0.5) is 8.78 Å². The molecule has 2 aromatic carbocycles. The van der Waals surface area contributed by atoms with Crippen LogP contribution in [0.3, 0.4) is 0 Å². The Hall–Kier alpha value is -2.67. The molecule has 1 aromatic heterocycles. The van der Waals surface area contributed by atoms with E-state index in [0.717, 1.165) is 6.07 Å². The van der Waals surface area contributed by atoms with Gasteiger partial charge in [0.25, 0.3) is 0 Å². The van der Waals surface area contributed by atoms with Crippen molar-refractivity contribution >= 4 is 28.6 Å². The molecule has 0 fully saturated rings. The van der Waals surface area contributed by atoms with E-state index in [9.17, 15) is 18.4 Å². The monoisotopic (exact) mass is 387 g/mol. The highest BCUT2D eigenvalue weighted by Gasteiger charge is 2.33. The summed E-state index contributed by atoms with van der Waals surface area (Å²) >= 11 is 1.39. The first kappa shape index (κ1) is 17.7. The van der Waals surface area contributed by atoms with Crippen LogP contribution in [0.2, 0.25) is 0 Å². The van der Waals surface area contributed by atoms with Crippen molar-refractivity contribution in [3.8, 4) is 11.1 Å². The van der Waals surface area contributed by atoms with Crippen molar-refractivity contribution in [3.05, 3.63) is 63.8 Å². The fourth-order valence-corrected chi connectivity index (χ4v) is 4.43. The van der Waals surface area contributed by atoms with Crippen molar-refractivity contribution in [2.75, 3.05) is 6.61 Å². The molecule has 0 aliphatic carbocycles. The van der Waals surface area contributed by atoms with Gasteiger partial charge in [-0.15, -0.1) is 0 Å². The average molecular weight is 387 g/mol. The lowest BCUT2D eigenvalue weighted by atomic mass is 10.0. The Morgan fingerprint density at radius 3 is 2.56 bits per heavy atom. The molecule has 1 aliphatic rings. The molecule has 0 spiro atoms. The Kier molecular flexibility index (Phi) is 4.26. The molecule has 3 aromatic rings. The minimum Gasteiger partial charge on any atom is -0.462 e. The predicted molar refractivity (Wildman–Crippen MR) is 100 cm³/mol. The number of pyridine rings is 1. The van der Waals surface area contributed by atoms with Gasteiger partial charge in [0, 0.05) is 10.9 Å². The predicted octanol–water partition coefficient (Wildman–Crippen LogP) is 4.75. The summed E-state index contributed by atoms with van der Waals surface area (Å²) in [7, 11) is 0. The highest BCUT2D eigenvalue weighted by molar-refractivity contribution is 8.00. The molecule has 0 N–H and O–H groups in total. The second-order valence-corrected chi connectivity index (χ2v) is 7.48. The van der Waals surface area contributed by atoms with Gasteiger partial charge in [0.2, 0.25) is 5.43 Å². The second kappa shape index (κ2) is 6.49. The minimum absolute atomic E-state index is 0.0113. The molecule has 1 unspecified atom stereocenters. The Morgan fingerprint density at radius 2 is 1.93 bits per heavy atom. The Labute approximate surface area is 157 Å². The standard InChI is InChI=1S/C20H15F2NO3S/c1-3-26-20(25)17-18(24)14-8-15(22)13(11-4-6-12(21)7-5-11)9-16(14)23-10(2)27-19(17)23/h4-10H,3H2,1-2H3. The summed E-state index contributed by atoms with van der Waals surface area (Å²) in [5, 5.41) is 0.634. The van der Waals surface area contributed by atoms with Crippen LogP contribution in [0.5, 0.6) is 0 Å². The van der Waals surface area contributed by atoms with E-state index >= 15 is 0 Å². The molecule has 1 aliphatic heterocycles. The number of ether oxygens (including phenoxy) is 1. The van der Waals surface area contributed by atoms with Crippen LogP contribution in [0, 0.1) is 11.6 Å². The number of halogens is 2. The van der Waals surface area contributed by atoms with Crippen LogP contribution in [0.15, 0.2) is 46.2 Å². The molecule has 27 heavy (non-hydrogen) atoms. The summed E-state index contributed by atoms with van der Waals surface area (Å²) in [6, 6.07) is 8.20. The molecular formula is C20H15F2NO3S. The van der Waals surface area contributed by atoms with E-state index in [4.69, 9.17) is 4.74 Å². The van der Waals surface area contributed by atoms with Gasteiger partial charge in [0.05, 0.1) is 22.5 Å². The smallest absolute Gasteiger partial charge is 0.344 e. The van der Waals surface area contributed by atoms with E-state index in [1.165, 1.54) is 36.0 Å². The molecule has 2 heterocycles. The fourth-order valence-electron chi connectivity index (χ4n) is 3.28. The van der Waals surface area contributed by atoms with Crippen LogP contribution in [-0.4, -0.2) is 17.1 Å². The lowest BCUT2D eigenvalue weighted by molar-refractivity contribution is 0.0518. The third kappa shape index (κ3) is 2.73. The van der Waals surface area contributed by atoms with E-state index < -0.39 is 23.0 Å². The molecule has 4 nitrogen and oxygen atoms in total. The summed E-state index contributed by atoms with van der Waals surface area (Å²) < 4.78 is 34.8. The van der Waals surface area contributed by atoms with Gasteiger partial charge in [-0.3, -0.25) is 4.79 Å². The van der Waals surface area contributed by atoms with E-state index in [1.54, 1.807) is 13.0 Å². The number of carbonyl (C=O) groups is 1. The summed E-state index contributed by atoms with van der Waals surface area (Å²) in [6.45, 7) is 3.73. The zero-order valence-electron chi connectivity index (χ0n) is 14.6. The first-order valence-electron chi connectivity index (χ1n) is 8.43. The number of rotatable bonds is 3. The number of fused-ring (bicyclic) bond motifs is 3. The largest absolute Gasteiger partial charge is 0.462 e. The molecule has 138 valence electrons. The molecular weight excluding hydrogens is 372 g/mol. The first-order chi connectivity index (χ1) is 12.9. The molecule has 4 rings (SSSR count). The van der Waals surface area contributed by atoms with Gasteiger partial charge in [-0.05, 0) is 43.7 Å². The number of esters is 1. The lowest BCUT2D eigenvalue weighted by Gasteiger charge is -2.33. The second-order valence-electron chi connectivity index (χ2n) is 6.17. The van der Waals surface area contributed by atoms with Crippen LogP contribution in [0.1, 0.15) is 29.6 Å². The third-order valence-corrected chi connectivity index (χ3v) is 5.71. The summed E-state index contributed by atoms with van der Waals surface area (Å²) in [5.74, 6) is -1.72. The Bertz CT molecular complexity index is 1140. The van der Waals surface area contributed by atoms with Gasteiger partial charge in [-0.1, -0.05) is 23.9 Å². The first-order valence-corrected chi connectivity index (χ1v) is 9.31. The summed E-state index contributed by atoms with van der Waals surface area (Å²) in [6.07, 6.45) is 0. The summed E-state index contributed by atoms with van der Waals surface area (Å²) in [5.41, 5.74) is 0.714. The fraction of sp³-hybridized carbons (Fsp3) is 0.200. The molecule has 0 saturated carbocycles. The van der Waals surface area contributed by atoms with Gasteiger partial charge in [0.1, 0.15) is 17.2 Å². The number of thioether (sulfide) groups is 1. The number of carbonyl (C=O) groups excluding carboxylic acids is 1. The Morgan fingerprint density at radius 1 is 1.22 bits per heavy atom. The molecule has 1 atom stereocenters. The van der Waals surface area contributed by atoms with E-state index in [0.29, 0.717) is 16.1 Å². The maximum Gasteiger partial charge on any atom is 0.344 e. The van der Waals surface area contributed by atoms with Gasteiger partial charge < -0.3 is 9.30 Å². The zero-order chi connectivity index (χ0) is 19.3. The number of hydrogen-bond donors (Lipinski definition) is 0. The van der Waals surface area contributed by atoms with Crippen LogP contribution < -0.4 is 5.43 Å². The minimum atomic E-state index is -0.699. The van der Waals surface area contributed by atoms with E-state index in [2.05, 4.69) is 0 Å². The van der Waals surface area contributed by atoms with Crippen molar-refractivity contribution in [2.45, 2.75) is 24.2 Å². The molecule has 0 bridgehead atoms. The van der Waals surface area contributed by atoms with Crippen molar-refractivity contribution in [1.82, 2.24) is 4.57 Å². The van der Waals surface area contributed by atoms with Gasteiger partial charge in [0.15, 0.2) is 0 Å². The average Bonchev–Trinajstić information content (AvgIpc) is 2.62. The van der Waals surface area contributed by atoms with Crippen molar-refractivity contribution in [2.24, 2.45) is 0 Å². The van der Waals surface area contributed by atoms with Crippen molar-refractivity contribution in [3.63, 3.8) is 0 Å². The number of nitrogens with zero attached hydrogens (tertiary/aromatic N) is 1.